The van der Waals surface area contributed by atoms with Crippen LogP contribution in [0.15, 0.2) is 71.2 Å². The van der Waals surface area contributed by atoms with Gasteiger partial charge in [0.2, 0.25) is 5.91 Å². The van der Waals surface area contributed by atoms with Gasteiger partial charge in [0.05, 0.1) is 18.6 Å². The van der Waals surface area contributed by atoms with Crippen molar-refractivity contribution < 1.29 is 14.3 Å². The molecule has 0 fully saturated rings. The van der Waals surface area contributed by atoms with Crippen molar-refractivity contribution in [3.05, 3.63) is 87.3 Å². The zero-order valence-corrected chi connectivity index (χ0v) is 19.9. The van der Waals surface area contributed by atoms with Gasteiger partial charge in [0.1, 0.15) is 10.7 Å². The standard InChI is InChI=1S/C23H19ClN4O3S2/c1-31-22(30)21-18(11-12-32-21)25-20(29)14-33-23-27-26-19(13-15-5-3-2-4-6-15)28(23)17-9-7-16(24)8-10-17/h2-12H,13-14H2,1H3,(H,25,29). The minimum Gasteiger partial charge on any atom is -0.465 e. The van der Waals surface area contributed by atoms with E-state index in [0.29, 0.717) is 27.2 Å². The number of aromatic nitrogens is 3. The molecule has 1 amide bonds. The van der Waals surface area contributed by atoms with Crippen molar-refractivity contribution in [1.82, 2.24) is 14.8 Å². The first-order valence-electron chi connectivity index (χ1n) is 9.87. The predicted molar refractivity (Wildman–Crippen MR) is 131 cm³/mol. The maximum Gasteiger partial charge on any atom is 0.350 e. The van der Waals surface area contributed by atoms with Crippen LogP contribution < -0.4 is 5.32 Å². The van der Waals surface area contributed by atoms with E-state index in [2.05, 4.69) is 15.5 Å². The van der Waals surface area contributed by atoms with Crippen LogP contribution in [0.25, 0.3) is 5.69 Å². The number of thiophene rings is 1. The summed E-state index contributed by atoms with van der Waals surface area (Å²) in [5.74, 6) is 0.0881. The van der Waals surface area contributed by atoms with Gasteiger partial charge >= 0.3 is 5.97 Å². The summed E-state index contributed by atoms with van der Waals surface area (Å²) >= 11 is 8.54. The summed E-state index contributed by atoms with van der Waals surface area (Å²) in [6, 6.07) is 19.0. The number of ether oxygens (including phenoxy) is 1. The summed E-state index contributed by atoms with van der Waals surface area (Å²) in [4.78, 5) is 24.8. The summed E-state index contributed by atoms with van der Waals surface area (Å²) in [7, 11) is 1.31. The number of nitrogens with one attached hydrogen (secondary N) is 1. The maximum absolute atomic E-state index is 12.6. The number of thioether (sulfide) groups is 1. The highest BCUT2D eigenvalue weighted by Gasteiger charge is 2.19. The molecule has 0 radical (unpaired) electrons. The number of rotatable bonds is 8. The van der Waals surface area contributed by atoms with Crippen LogP contribution >= 0.6 is 34.7 Å². The average Bonchev–Trinajstić information content (AvgIpc) is 3.45. The highest BCUT2D eigenvalue weighted by Crippen LogP contribution is 2.26. The summed E-state index contributed by atoms with van der Waals surface area (Å²) < 4.78 is 6.68. The molecule has 0 atom stereocenters. The van der Waals surface area contributed by atoms with Crippen LogP contribution in [0, 0.1) is 0 Å². The van der Waals surface area contributed by atoms with Crippen LogP contribution in [0.4, 0.5) is 5.69 Å². The molecule has 2 aromatic carbocycles. The van der Waals surface area contributed by atoms with Crippen molar-refractivity contribution in [3.8, 4) is 5.69 Å². The van der Waals surface area contributed by atoms with Gasteiger partial charge in [0, 0.05) is 17.1 Å². The van der Waals surface area contributed by atoms with Gasteiger partial charge in [-0.1, -0.05) is 53.7 Å². The second-order valence-electron chi connectivity index (χ2n) is 6.86. The number of hydrogen-bond donors (Lipinski definition) is 1. The molecule has 0 unspecified atom stereocenters. The first-order chi connectivity index (χ1) is 16.0. The van der Waals surface area contributed by atoms with Gasteiger partial charge in [-0.25, -0.2) is 4.79 Å². The molecular weight excluding hydrogens is 480 g/mol. The monoisotopic (exact) mass is 498 g/mol. The van der Waals surface area contributed by atoms with Crippen molar-refractivity contribution in [2.45, 2.75) is 11.6 Å². The summed E-state index contributed by atoms with van der Waals surface area (Å²) in [6.45, 7) is 0. The fraction of sp³-hybridized carbons (Fsp3) is 0.130. The van der Waals surface area contributed by atoms with E-state index < -0.39 is 5.97 Å². The van der Waals surface area contributed by atoms with E-state index in [-0.39, 0.29) is 11.7 Å². The molecule has 0 saturated heterocycles. The Morgan fingerprint density at radius 2 is 1.85 bits per heavy atom. The third-order valence-electron chi connectivity index (χ3n) is 4.63. The molecule has 2 aromatic heterocycles. The van der Waals surface area contributed by atoms with Gasteiger partial charge in [-0.05, 0) is 41.3 Å². The van der Waals surface area contributed by atoms with Gasteiger partial charge in [0.15, 0.2) is 5.16 Å². The van der Waals surface area contributed by atoms with E-state index in [9.17, 15) is 9.59 Å². The lowest BCUT2D eigenvalue weighted by Crippen LogP contribution is -2.16. The molecule has 0 aliphatic heterocycles. The lowest BCUT2D eigenvalue weighted by Gasteiger charge is -2.11. The molecule has 10 heteroatoms. The van der Waals surface area contributed by atoms with Gasteiger partial charge in [-0.3, -0.25) is 9.36 Å². The minimum atomic E-state index is -0.485. The molecule has 7 nitrogen and oxygen atoms in total. The number of carbonyl (C=O) groups is 2. The van der Waals surface area contributed by atoms with E-state index >= 15 is 0 Å². The van der Waals surface area contributed by atoms with Crippen LogP contribution in [-0.2, 0) is 16.0 Å². The Morgan fingerprint density at radius 1 is 1.09 bits per heavy atom. The molecule has 4 rings (SSSR count). The Balaban J connectivity index is 1.53. The van der Waals surface area contributed by atoms with Crippen molar-refractivity contribution in [2.75, 3.05) is 18.2 Å². The van der Waals surface area contributed by atoms with Gasteiger partial charge in [-0.15, -0.1) is 21.5 Å². The normalized spacial score (nSPS) is 10.7. The molecule has 0 saturated carbocycles. The van der Waals surface area contributed by atoms with Crippen LogP contribution in [0.3, 0.4) is 0 Å². The number of carbonyl (C=O) groups excluding carboxylic acids is 2. The predicted octanol–water partition coefficient (Wildman–Crippen LogP) is 5.09. The second kappa shape index (κ2) is 10.7. The minimum absolute atomic E-state index is 0.0908. The molecule has 0 bridgehead atoms. The second-order valence-corrected chi connectivity index (χ2v) is 9.16. The number of benzene rings is 2. The Bertz CT molecular complexity index is 1260. The highest BCUT2D eigenvalue weighted by molar-refractivity contribution is 7.99. The van der Waals surface area contributed by atoms with Gasteiger partial charge in [-0.2, -0.15) is 0 Å². The van der Waals surface area contributed by atoms with Crippen LogP contribution in [0.2, 0.25) is 5.02 Å². The summed E-state index contributed by atoms with van der Waals surface area (Å²) in [5.41, 5.74) is 2.38. The maximum atomic E-state index is 12.6. The number of amides is 1. The Kier molecular flexibility index (Phi) is 7.43. The zero-order chi connectivity index (χ0) is 23.2. The number of nitrogens with zero attached hydrogens (tertiary/aromatic N) is 3. The molecule has 0 aliphatic carbocycles. The van der Waals surface area contributed by atoms with E-state index in [1.54, 1.807) is 23.6 Å². The molecular formula is C23H19ClN4O3S2. The molecule has 0 aliphatic rings. The van der Waals surface area contributed by atoms with Crippen molar-refractivity contribution in [3.63, 3.8) is 0 Å². The Morgan fingerprint density at radius 3 is 2.58 bits per heavy atom. The zero-order valence-electron chi connectivity index (χ0n) is 17.5. The van der Waals surface area contributed by atoms with Crippen molar-refractivity contribution in [2.24, 2.45) is 0 Å². The molecule has 2 heterocycles. The SMILES string of the molecule is COC(=O)c1sccc1NC(=O)CSc1nnc(Cc2ccccc2)n1-c1ccc(Cl)cc1. The number of anilines is 1. The third kappa shape index (κ3) is 5.62. The first-order valence-corrected chi connectivity index (χ1v) is 12.1. The molecule has 1 N–H and O–H groups in total. The number of hydrogen-bond acceptors (Lipinski definition) is 7. The lowest BCUT2D eigenvalue weighted by molar-refractivity contribution is -0.113. The topological polar surface area (TPSA) is 86.1 Å². The molecule has 4 aromatic rings. The quantitative estimate of drug-likeness (QED) is 0.269. The number of methoxy groups -OCH3 is 1. The summed E-state index contributed by atoms with van der Waals surface area (Å²) in [6.07, 6.45) is 0.584. The molecule has 33 heavy (non-hydrogen) atoms. The Hall–Kier alpha value is -3.14. The largest absolute Gasteiger partial charge is 0.465 e. The van der Waals surface area contributed by atoms with E-state index in [4.69, 9.17) is 16.3 Å². The van der Waals surface area contributed by atoms with Gasteiger partial charge in [0.25, 0.3) is 0 Å². The molecule has 168 valence electrons. The third-order valence-corrected chi connectivity index (χ3v) is 6.71. The van der Waals surface area contributed by atoms with E-state index in [1.165, 1.54) is 30.2 Å². The van der Waals surface area contributed by atoms with Gasteiger partial charge < -0.3 is 10.1 Å². The number of esters is 1. The van der Waals surface area contributed by atoms with Crippen LogP contribution in [-0.4, -0.2) is 39.5 Å². The van der Waals surface area contributed by atoms with Crippen molar-refractivity contribution in [1.29, 1.82) is 0 Å². The summed E-state index contributed by atoms with van der Waals surface area (Å²) in [5, 5.41) is 14.4. The highest BCUT2D eigenvalue weighted by atomic mass is 35.5. The smallest absolute Gasteiger partial charge is 0.350 e. The first kappa shape index (κ1) is 23.0. The van der Waals surface area contributed by atoms with E-state index in [1.807, 2.05) is 47.0 Å². The van der Waals surface area contributed by atoms with Crippen molar-refractivity contribution >= 4 is 52.3 Å². The lowest BCUT2D eigenvalue weighted by atomic mass is 10.1. The van der Waals surface area contributed by atoms with Crippen LogP contribution in [0.5, 0.6) is 0 Å². The number of halogens is 1. The van der Waals surface area contributed by atoms with E-state index in [0.717, 1.165) is 17.1 Å². The Labute approximate surface area is 203 Å². The van der Waals surface area contributed by atoms with Crippen LogP contribution in [0.1, 0.15) is 21.1 Å². The average molecular weight is 499 g/mol. The molecule has 0 spiro atoms. The fourth-order valence-electron chi connectivity index (χ4n) is 3.11. The fourth-order valence-corrected chi connectivity index (χ4v) is 4.77.